The number of aromatic nitrogens is 4. The number of carbonyl (C=O) groups excluding carboxylic acids is 1. The van der Waals surface area contributed by atoms with Crippen LogP contribution >= 0.6 is 0 Å². The minimum absolute atomic E-state index is 0.0884. The predicted octanol–water partition coefficient (Wildman–Crippen LogP) is 2.14. The van der Waals surface area contributed by atoms with Crippen molar-refractivity contribution in [2.24, 2.45) is 0 Å². The molecule has 2 radical (unpaired) electrons. The van der Waals surface area contributed by atoms with Crippen molar-refractivity contribution in [1.82, 2.24) is 24.5 Å². The van der Waals surface area contributed by atoms with Crippen molar-refractivity contribution >= 4 is 30.7 Å². The lowest BCUT2D eigenvalue weighted by molar-refractivity contribution is 0.0674. The monoisotopic (exact) mass is 412 g/mol. The van der Waals surface area contributed by atoms with Gasteiger partial charge in [-0.15, -0.1) is 0 Å². The third kappa shape index (κ3) is 3.91. The van der Waals surface area contributed by atoms with E-state index in [0.717, 1.165) is 29.9 Å². The van der Waals surface area contributed by atoms with E-state index in [1.54, 1.807) is 29.0 Å². The molecule has 4 aromatic heterocycles. The molecule has 154 valence electrons. The predicted molar refractivity (Wildman–Crippen MR) is 117 cm³/mol. The summed E-state index contributed by atoms with van der Waals surface area (Å²) in [5.41, 5.74) is 3.08. The SMILES string of the molecule is [B]c1cnn2c(NCc3cccnc3)cc(C3CCCN(C(=O)c4ccco4)C3)nc12. The maximum atomic E-state index is 12.7. The first-order chi connectivity index (χ1) is 15.2. The number of fused-ring (bicyclic) bond motifs is 1. The van der Waals surface area contributed by atoms with E-state index in [2.05, 4.69) is 15.4 Å². The Morgan fingerprint density at radius 3 is 3.03 bits per heavy atom. The molecule has 1 amide bonds. The molecule has 9 heteroatoms. The molecule has 1 N–H and O–H groups in total. The molecule has 0 bridgehead atoms. The average molecular weight is 412 g/mol. The first kappa shape index (κ1) is 19.4. The smallest absolute Gasteiger partial charge is 0.289 e. The van der Waals surface area contributed by atoms with Crippen LogP contribution in [0, 0.1) is 0 Å². The summed E-state index contributed by atoms with van der Waals surface area (Å²) in [6, 6.07) is 9.34. The third-order valence-corrected chi connectivity index (χ3v) is 5.57. The summed E-state index contributed by atoms with van der Waals surface area (Å²) in [6.45, 7) is 1.89. The number of hydrogen-bond donors (Lipinski definition) is 1. The summed E-state index contributed by atoms with van der Waals surface area (Å²) in [5, 5.41) is 7.79. The van der Waals surface area contributed by atoms with Gasteiger partial charge in [-0.25, -0.2) is 4.98 Å². The number of carbonyl (C=O) groups is 1. The molecule has 5 rings (SSSR count). The van der Waals surface area contributed by atoms with Gasteiger partial charge >= 0.3 is 0 Å². The number of hydrogen-bond acceptors (Lipinski definition) is 6. The Labute approximate surface area is 180 Å². The normalized spacial score (nSPS) is 16.5. The zero-order valence-electron chi connectivity index (χ0n) is 16.9. The average Bonchev–Trinajstić information content (AvgIpc) is 3.48. The number of rotatable bonds is 5. The summed E-state index contributed by atoms with van der Waals surface area (Å²) in [4.78, 5) is 23.5. The van der Waals surface area contributed by atoms with E-state index < -0.39 is 0 Å². The highest BCUT2D eigenvalue weighted by atomic mass is 16.3. The van der Waals surface area contributed by atoms with Crippen molar-refractivity contribution in [3.8, 4) is 0 Å². The van der Waals surface area contributed by atoms with Gasteiger partial charge in [0.2, 0.25) is 0 Å². The molecule has 1 aliphatic heterocycles. The molecule has 0 saturated carbocycles. The fourth-order valence-corrected chi connectivity index (χ4v) is 3.99. The number of amides is 1. The first-order valence-electron chi connectivity index (χ1n) is 10.3. The van der Waals surface area contributed by atoms with Gasteiger partial charge in [0, 0.05) is 50.2 Å². The third-order valence-electron chi connectivity index (χ3n) is 5.57. The van der Waals surface area contributed by atoms with Crippen molar-refractivity contribution in [3.63, 3.8) is 0 Å². The molecule has 0 spiro atoms. The zero-order valence-corrected chi connectivity index (χ0v) is 16.9. The molecule has 31 heavy (non-hydrogen) atoms. The van der Waals surface area contributed by atoms with Gasteiger partial charge < -0.3 is 14.6 Å². The van der Waals surface area contributed by atoms with Gasteiger partial charge in [0.25, 0.3) is 5.91 Å². The number of anilines is 1. The van der Waals surface area contributed by atoms with Gasteiger partial charge in [-0.2, -0.15) is 9.61 Å². The van der Waals surface area contributed by atoms with E-state index in [1.165, 1.54) is 6.26 Å². The highest BCUT2D eigenvalue weighted by Crippen LogP contribution is 2.28. The lowest BCUT2D eigenvalue weighted by Gasteiger charge is -2.32. The Morgan fingerprint density at radius 2 is 2.23 bits per heavy atom. The van der Waals surface area contributed by atoms with Gasteiger partial charge in [-0.1, -0.05) is 6.07 Å². The van der Waals surface area contributed by atoms with E-state index in [0.29, 0.717) is 36.5 Å². The van der Waals surface area contributed by atoms with E-state index in [1.807, 2.05) is 29.3 Å². The van der Waals surface area contributed by atoms with Crippen LogP contribution in [0.5, 0.6) is 0 Å². The van der Waals surface area contributed by atoms with E-state index in [9.17, 15) is 4.79 Å². The summed E-state index contributed by atoms with van der Waals surface area (Å²) < 4.78 is 7.01. The Balaban J connectivity index is 1.42. The summed E-state index contributed by atoms with van der Waals surface area (Å²) in [6.07, 6.45) is 8.54. The largest absolute Gasteiger partial charge is 0.459 e. The second kappa shape index (κ2) is 8.25. The molecule has 1 aliphatic rings. The van der Waals surface area contributed by atoms with Crippen LogP contribution in [0.1, 0.15) is 40.6 Å². The quantitative estimate of drug-likeness (QED) is 0.506. The number of pyridine rings is 1. The van der Waals surface area contributed by atoms with Crippen LogP contribution in [-0.4, -0.2) is 51.3 Å². The molecule has 8 nitrogen and oxygen atoms in total. The van der Waals surface area contributed by atoms with Crippen molar-refractivity contribution in [2.45, 2.75) is 25.3 Å². The number of piperidine rings is 1. The summed E-state index contributed by atoms with van der Waals surface area (Å²) in [5.74, 6) is 1.18. The molecule has 5 heterocycles. The Kier molecular flexibility index (Phi) is 5.15. The van der Waals surface area contributed by atoms with Crippen LogP contribution in [-0.2, 0) is 6.54 Å². The topological polar surface area (TPSA) is 88.6 Å². The molecule has 4 aromatic rings. The van der Waals surface area contributed by atoms with Crippen molar-refractivity contribution in [3.05, 3.63) is 72.2 Å². The van der Waals surface area contributed by atoms with Gasteiger partial charge in [0.1, 0.15) is 13.7 Å². The second-order valence-electron chi connectivity index (χ2n) is 7.68. The van der Waals surface area contributed by atoms with E-state index in [4.69, 9.17) is 17.2 Å². The van der Waals surface area contributed by atoms with Crippen LogP contribution in [0.15, 0.2) is 59.6 Å². The van der Waals surface area contributed by atoms with E-state index in [-0.39, 0.29) is 11.8 Å². The highest BCUT2D eigenvalue weighted by molar-refractivity contribution is 6.36. The standard InChI is InChI=1S/C22H21BN6O2/c23-17-13-26-29-20(25-12-15-4-1-7-24-11-15)10-18(27-21(17)29)16-5-2-8-28(14-16)22(30)19-6-3-9-31-19/h1,3-4,6-7,9-11,13,16,25H,2,5,8,12,14H2. The maximum absolute atomic E-state index is 12.7. The van der Waals surface area contributed by atoms with Crippen LogP contribution in [0.2, 0.25) is 0 Å². The van der Waals surface area contributed by atoms with Crippen LogP contribution < -0.4 is 10.8 Å². The summed E-state index contributed by atoms with van der Waals surface area (Å²) in [7, 11) is 6.13. The molecule has 1 atom stereocenters. The fraction of sp³-hybridized carbons (Fsp3) is 0.273. The van der Waals surface area contributed by atoms with Crippen molar-refractivity contribution in [1.29, 1.82) is 0 Å². The van der Waals surface area contributed by atoms with Gasteiger partial charge in [-0.3, -0.25) is 9.78 Å². The van der Waals surface area contributed by atoms with Gasteiger partial charge in [0.15, 0.2) is 11.4 Å². The molecule has 1 unspecified atom stereocenters. The van der Waals surface area contributed by atoms with Gasteiger partial charge in [0.05, 0.1) is 12.0 Å². The van der Waals surface area contributed by atoms with Crippen molar-refractivity contribution < 1.29 is 9.21 Å². The second-order valence-corrected chi connectivity index (χ2v) is 7.68. The van der Waals surface area contributed by atoms with E-state index >= 15 is 0 Å². The number of furan rings is 1. The lowest BCUT2D eigenvalue weighted by atomic mass is 9.93. The molecule has 0 aromatic carbocycles. The molecular weight excluding hydrogens is 391 g/mol. The van der Waals surface area contributed by atoms with Crippen LogP contribution in [0.3, 0.4) is 0 Å². The molecule has 0 aliphatic carbocycles. The molecule has 1 fully saturated rings. The summed E-state index contributed by atoms with van der Waals surface area (Å²) >= 11 is 0. The Bertz CT molecular complexity index is 1190. The number of likely N-dealkylation sites (tertiary alicyclic amines) is 1. The number of nitrogens with one attached hydrogen (secondary N) is 1. The number of nitrogens with zero attached hydrogens (tertiary/aromatic N) is 5. The van der Waals surface area contributed by atoms with Crippen LogP contribution in [0.4, 0.5) is 5.82 Å². The minimum Gasteiger partial charge on any atom is -0.459 e. The molecule has 1 saturated heterocycles. The Hall–Kier alpha value is -3.62. The molecular formula is C22H21BN6O2. The minimum atomic E-state index is -0.0884. The highest BCUT2D eigenvalue weighted by Gasteiger charge is 2.28. The van der Waals surface area contributed by atoms with Crippen LogP contribution in [0.25, 0.3) is 5.65 Å². The van der Waals surface area contributed by atoms with Crippen molar-refractivity contribution in [2.75, 3.05) is 18.4 Å². The maximum Gasteiger partial charge on any atom is 0.289 e. The lowest BCUT2D eigenvalue weighted by Crippen LogP contribution is -2.39. The van der Waals surface area contributed by atoms with Gasteiger partial charge in [-0.05, 0) is 42.1 Å². The Morgan fingerprint density at radius 1 is 1.29 bits per heavy atom. The zero-order chi connectivity index (χ0) is 21.2. The first-order valence-corrected chi connectivity index (χ1v) is 10.3. The fourth-order valence-electron chi connectivity index (χ4n) is 3.99.